The van der Waals surface area contributed by atoms with Crippen molar-refractivity contribution in [3.8, 4) is 0 Å². The van der Waals surface area contributed by atoms with E-state index in [0.717, 1.165) is 0 Å². The molecule has 0 heteroatoms. The number of hydrogen-bond acceptors (Lipinski definition) is 0. The summed E-state index contributed by atoms with van der Waals surface area (Å²) in [5.74, 6) is 0. The summed E-state index contributed by atoms with van der Waals surface area (Å²) in [7, 11) is 0. The Hall–Kier alpha value is -0.780. The fourth-order valence-corrected chi connectivity index (χ4v) is 4.19. The average molecular weight is 301 g/mol. The SMILES string of the molecule is CC1(Cc2c(C(C)(C)C)cccc2C(C)(C)C)CCCCC1. The predicted octanol–water partition coefficient (Wildman–Crippen LogP) is 6.79. The van der Waals surface area contributed by atoms with E-state index in [1.54, 1.807) is 16.7 Å². The summed E-state index contributed by atoms with van der Waals surface area (Å²) in [5.41, 5.74) is 5.72. The monoisotopic (exact) mass is 300 g/mol. The van der Waals surface area contributed by atoms with Crippen LogP contribution in [0.1, 0.15) is 97.3 Å². The smallest absolute Gasteiger partial charge is 0.0129 e. The van der Waals surface area contributed by atoms with Crippen molar-refractivity contribution in [2.45, 2.75) is 97.8 Å². The summed E-state index contributed by atoms with van der Waals surface area (Å²) < 4.78 is 0. The molecule has 2 rings (SSSR count). The largest absolute Gasteiger partial charge is 0.0617 e. The van der Waals surface area contributed by atoms with Crippen LogP contribution in [0.2, 0.25) is 0 Å². The first-order valence-corrected chi connectivity index (χ1v) is 9.16. The zero-order valence-corrected chi connectivity index (χ0v) is 16.0. The van der Waals surface area contributed by atoms with Crippen LogP contribution in [0.3, 0.4) is 0 Å². The molecule has 1 aliphatic carbocycles. The van der Waals surface area contributed by atoms with E-state index in [0.29, 0.717) is 5.41 Å². The van der Waals surface area contributed by atoms with Crippen LogP contribution in [0, 0.1) is 5.41 Å². The average Bonchev–Trinajstić information content (AvgIpc) is 2.36. The van der Waals surface area contributed by atoms with Crippen LogP contribution in [-0.2, 0) is 17.3 Å². The lowest BCUT2D eigenvalue weighted by Crippen LogP contribution is -2.28. The fraction of sp³-hybridized carbons (Fsp3) is 0.727. The second-order valence-corrected chi connectivity index (χ2v) is 9.88. The van der Waals surface area contributed by atoms with Gasteiger partial charge < -0.3 is 0 Å². The molecular weight excluding hydrogens is 264 g/mol. The van der Waals surface area contributed by atoms with Crippen LogP contribution in [0.4, 0.5) is 0 Å². The van der Waals surface area contributed by atoms with E-state index in [2.05, 4.69) is 66.7 Å². The van der Waals surface area contributed by atoms with Gasteiger partial charge in [-0.15, -0.1) is 0 Å². The molecule has 1 fully saturated rings. The standard InChI is InChI=1S/C22H36/c1-20(2,3)18-12-11-13-19(21(4,5)6)17(18)16-22(7)14-9-8-10-15-22/h11-13H,8-10,14-16H2,1-7H3. The third-order valence-electron chi connectivity index (χ3n) is 5.46. The summed E-state index contributed by atoms with van der Waals surface area (Å²) in [4.78, 5) is 0. The van der Waals surface area contributed by atoms with E-state index in [1.807, 2.05) is 0 Å². The topological polar surface area (TPSA) is 0 Å². The van der Waals surface area contributed by atoms with Gasteiger partial charge >= 0.3 is 0 Å². The van der Waals surface area contributed by atoms with Crippen LogP contribution in [-0.4, -0.2) is 0 Å². The van der Waals surface area contributed by atoms with Gasteiger partial charge in [-0.3, -0.25) is 0 Å². The minimum atomic E-state index is 0.224. The molecule has 0 unspecified atom stereocenters. The number of rotatable bonds is 2. The summed E-state index contributed by atoms with van der Waals surface area (Å²) in [6.45, 7) is 16.7. The Morgan fingerprint density at radius 2 is 1.27 bits per heavy atom. The van der Waals surface area contributed by atoms with Crippen molar-refractivity contribution in [2.75, 3.05) is 0 Å². The van der Waals surface area contributed by atoms with Gasteiger partial charge in [0.05, 0.1) is 0 Å². The maximum atomic E-state index is 2.53. The Balaban J connectivity index is 2.50. The van der Waals surface area contributed by atoms with Crippen molar-refractivity contribution in [2.24, 2.45) is 5.41 Å². The lowest BCUT2D eigenvalue weighted by atomic mass is 9.67. The second kappa shape index (κ2) is 6.02. The summed E-state index contributed by atoms with van der Waals surface area (Å²) in [5, 5.41) is 0. The molecule has 1 saturated carbocycles. The molecule has 0 aromatic heterocycles. The molecule has 0 heterocycles. The van der Waals surface area contributed by atoms with Gasteiger partial charge in [-0.25, -0.2) is 0 Å². The first-order chi connectivity index (χ1) is 10.0. The van der Waals surface area contributed by atoms with Gasteiger partial charge in [0.25, 0.3) is 0 Å². The van der Waals surface area contributed by atoms with Crippen molar-refractivity contribution in [3.63, 3.8) is 0 Å². The number of benzene rings is 1. The third kappa shape index (κ3) is 3.94. The van der Waals surface area contributed by atoms with Crippen LogP contribution >= 0.6 is 0 Å². The van der Waals surface area contributed by atoms with Crippen LogP contribution in [0.25, 0.3) is 0 Å². The predicted molar refractivity (Wildman–Crippen MR) is 98.7 cm³/mol. The maximum Gasteiger partial charge on any atom is -0.0129 e. The molecule has 124 valence electrons. The Labute approximate surface area is 138 Å². The van der Waals surface area contributed by atoms with Crippen molar-refractivity contribution < 1.29 is 0 Å². The summed E-state index contributed by atoms with van der Waals surface area (Å²) >= 11 is 0. The normalized spacial score (nSPS) is 19.2. The van der Waals surface area contributed by atoms with E-state index < -0.39 is 0 Å². The lowest BCUT2D eigenvalue weighted by Gasteiger charge is -2.38. The zero-order valence-electron chi connectivity index (χ0n) is 16.0. The van der Waals surface area contributed by atoms with E-state index >= 15 is 0 Å². The molecule has 1 aliphatic rings. The van der Waals surface area contributed by atoms with Crippen LogP contribution in [0.5, 0.6) is 0 Å². The quantitative estimate of drug-likeness (QED) is 0.563. The Morgan fingerprint density at radius 1 is 0.818 bits per heavy atom. The van der Waals surface area contributed by atoms with Gasteiger partial charge in [-0.2, -0.15) is 0 Å². The molecule has 0 nitrogen and oxygen atoms in total. The van der Waals surface area contributed by atoms with Gasteiger partial charge in [0, 0.05) is 0 Å². The molecule has 0 atom stereocenters. The first kappa shape index (κ1) is 17.6. The van der Waals surface area contributed by atoms with Gasteiger partial charge in [-0.1, -0.05) is 85.9 Å². The molecule has 0 aliphatic heterocycles. The molecule has 0 saturated heterocycles. The highest BCUT2D eigenvalue weighted by Gasteiger charge is 2.32. The number of hydrogen-bond donors (Lipinski definition) is 0. The van der Waals surface area contributed by atoms with Crippen molar-refractivity contribution in [1.29, 1.82) is 0 Å². The molecule has 0 amide bonds. The minimum Gasteiger partial charge on any atom is -0.0617 e. The van der Waals surface area contributed by atoms with Crippen LogP contribution in [0.15, 0.2) is 18.2 Å². The highest BCUT2D eigenvalue weighted by atomic mass is 14.4. The summed E-state index contributed by atoms with van der Waals surface area (Å²) in [6, 6.07) is 7.02. The highest BCUT2D eigenvalue weighted by Crippen LogP contribution is 2.43. The van der Waals surface area contributed by atoms with Crippen LogP contribution < -0.4 is 0 Å². The first-order valence-electron chi connectivity index (χ1n) is 9.16. The Kier molecular flexibility index (Phi) is 4.81. The van der Waals surface area contributed by atoms with E-state index in [4.69, 9.17) is 0 Å². The molecule has 0 N–H and O–H groups in total. The molecule has 0 spiro atoms. The van der Waals surface area contributed by atoms with E-state index in [-0.39, 0.29) is 10.8 Å². The summed E-state index contributed by atoms with van der Waals surface area (Å²) in [6.07, 6.45) is 8.32. The fourth-order valence-electron chi connectivity index (χ4n) is 4.19. The minimum absolute atomic E-state index is 0.224. The van der Waals surface area contributed by atoms with Crippen molar-refractivity contribution in [1.82, 2.24) is 0 Å². The highest BCUT2D eigenvalue weighted by molar-refractivity contribution is 5.43. The molecule has 1 aromatic rings. The lowest BCUT2D eigenvalue weighted by molar-refractivity contribution is 0.212. The zero-order chi connectivity index (χ0) is 16.6. The van der Waals surface area contributed by atoms with Crippen molar-refractivity contribution >= 4 is 0 Å². The van der Waals surface area contributed by atoms with Gasteiger partial charge in [0.15, 0.2) is 0 Å². The van der Waals surface area contributed by atoms with Gasteiger partial charge in [0.1, 0.15) is 0 Å². The Bertz CT molecular complexity index is 470. The molecule has 0 bridgehead atoms. The molecular formula is C22H36. The molecule has 1 aromatic carbocycles. The molecule has 22 heavy (non-hydrogen) atoms. The van der Waals surface area contributed by atoms with E-state index in [1.165, 1.54) is 38.5 Å². The third-order valence-corrected chi connectivity index (χ3v) is 5.46. The Morgan fingerprint density at radius 3 is 1.68 bits per heavy atom. The van der Waals surface area contributed by atoms with Gasteiger partial charge in [-0.05, 0) is 52.2 Å². The second-order valence-electron chi connectivity index (χ2n) is 9.88. The van der Waals surface area contributed by atoms with Crippen molar-refractivity contribution in [3.05, 3.63) is 34.9 Å². The van der Waals surface area contributed by atoms with Gasteiger partial charge in [0.2, 0.25) is 0 Å². The molecule has 0 radical (unpaired) electrons. The van der Waals surface area contributed by atoms with E-state index in [9.17, 15) is 0 Å². The maximum absolute atomic E-state index is 2.53.